The lowest BCUT2D eigenvalue weighted by atomic mass is 10.3. The van der Waals surface area contributed by atoms with Gasteiger partial charge in [0.15, 0.2) is 1.41 Å². The van der Waals surface area contributed by atoms with E-state index in [4.69, 9.17) is 7.35 Å². The van der Waals surface area contributed by atoms with Gasteiger partial charge in [0.25, 0.3) is 0 Å². The quantitative estimate of drug-likeness (QED) is 0.404. The van der Waals surface area contributed by atoms with Crippen molar-refractivity contribution in [3.63, 3.8) is 0 Å². The van der Waals surface area contributed by atoms with Crippen molar-refractivity contribution in [2.75, 3.05) is 46.3 Å². The molecule has 9 heteroatoms. The van der Waals surface area contributed by atoms with E-state index < -0.39 is 5.91 Å². The maximum atomic E-state index is 12.0. The number of hydrogen-bond donors (Lipinski definition) is 3. The summed E-state index contributed by atoms with van der Waals surface area (Å²) in [5, 5.41) is 5.57. The first kappa shape index (κ1) is 16.7. The number of amides is 4. The van der Waals surface area contributed by atoms with E-state index in [0.29, 0.717) is 19.5 Å². The molecular formula is C15H33N5O4. The molecule has 0 aliphatic heterocycles. The average molecular weight is 358 g/mol. The van der Waals surface area contributed by atoms with Crippen molar-refractivity contribution in [2.45, 2.75) is 26.7 Å². The van der Waals surface area contributed by atoms with E-state index in [-0.39, 0.29) is 50.3 Å². The number of nitrogens with one attached hydrogen (secondary N) is 2. The van der Waals surface area contributed by atoms with Gasteiger partial charge in [0.1, 0.15) is 0 Å². The van der Waals surface area contributed by atoms with Crippen LogP contribution < -0.4 is 16.4 Å². The minimum Gasteiger partial charge on any atom is -0.368 e. The fraction of sp³-hybridized carbons (Fsp3) is 0.733. The number of likely N-dealkylation sites (N-methyl/N-ethyl adjacent to an activating group) is 1. The van der Waals surface area contributed by atoms with Gasteiger partial charge in [-0.1, -0.05) is 13.8 Å². The van der Waals surface area contributed by atoms with Crippen LogP contribution in [0.4, 0.5) is 0 Å². The molecule has 0 atom stereocenters. The molecule has 0 saturated heterocycles. The Bertz CT molecular complexity index is 474. The van der Waals surface area contributed by atoms with Gasteiger partial charge >= 0.3 is 0 Å². The number of hydrogen-bond acceptors (Lipinski definition) is 5. The minimum absolute atomic E-state index is 0.0523. The van der Waals surface area contributed by atoms with E-state index in [2.05, 4.69) is 10.6 Å². The maximum absolute atomic E-state index is 12.0. The first-order chi connectivity index (χ1) is 13.9. The van der Waals surface area contributed by atoms with Crippen molar-refractivity contribution in [2.24, 2.45) is 5.73 Å². The van der Waals surface area contributed by atoms with Crippen molar-refractivity contribution in [3.8, 4) is 0 Å². The molecule has 4 N–H and O–H groups in total. The summed E-state index contributed by atoms with van der Waals surface area (Å²) in [7, 11) is 1.76. The first-order valence-corrected chi connectivity index (χ1v) is 8.06. The normalized spacial score (nSPS) is 11.2. The predicted molar refractivity (Wildman–Crippen MR) is 94.1 cm³/mol. The van der Waals surface area contributed by atoms with E-state index in [1.165, 1.54) is 9.80 Å². The van der Waals surface area contributed by atoms with Gasteiger partial charge in [-0.05, 0) is 7.05 Å². The van der Waals surface area contributed by atoms with Crippen LogP contribution in [-0.2, 0) is 19.2 Å². The second-order valence-electron chi connectivity index (χ2n) is 5.21. The van der Waals surface area contributed by atoms with E-state index in [9.17, 15) is 19.2 Å². The molecule has 0 aromatic rings. The molecule has 0 heterocycles. The first-order valence-electron chi connectivity index (χ1n) is 10.6. The summed E-state index contributed by atoms with van der Waals surface area (Å²) in [5.41, 5.74) is 1.72. The highest BCUT2D eigenvalue weighted by molar-refractivity contribution is 5.85. The zero-order valence-corrected chi connectivity index (χ0v) is 14.7. The van der Waals surface area contributed by atoms with Crippen LogP contribution >= 0.6 is 0 Å². The van der Waals surface area contributed by atoms with E-state index in [1.54, 1.807) is 26.6 Å². The summed E-state index contributed by atoms with van der Waals surface area (Å²) in [5.74, 6) is -1.28. The largest absolute Gasteiger partial charge is 0.368 e. The van der Waals surface area contributed by atoms with Crippen molar-refractivity contribution in [1.29, 1.82) is 0 Å². The Hall–Kier alpha value is -2.16. The number of carbonyl (C=O) groups excluding carboxylic acids is 4. The van der Waals surface area contributed by atoms with Crippen LogP contribution in [0.1, 0.15) is 32.6 Å². The topological polar surface area (TPSA) is 125 Å². The van der Waals surface area contributed by atoms with Crippen LogP contribution in [0.2, 0.25) is 1.41 Å². The van der Waals surface area contributed by atoms with Crippen LogP contribution in [0.5, 0.6) is 0 Å². The van der Waals surface area contributed by atoms with Crippen molar-refractivity contribution in [1.82, 2.24) is 20.4 Å². The van der Waals surface area contributed by atoms with Gasteiger partial charge in [-0.25, -0.2) is 0 Å². The molecular weight excluding hydrogens is 314 g/mol. The lowest BCUT2D eigenvalue weighted by Crippen LogP contribution is -2.46. The van der Waals surface area contributed by atoms with Gasteiger partial charge in [-0.2, -0.15) is 0 Å². The second-order valence-corrected chi connectivity index (χ2v) is 5.21. The predicted octanol–water partition coefficient (Wildman–Crippen LogP) is -1.22. The van der Waals surface area contributed by atoms with Crippen LogP contribution in [0.25, 0.3) is 0 Å². The van der Waals surface area contributed by atoms with Crippen molar-refractivity contribution < 1.29 is 26.5 Å². The molecule has 0 aliphatic carbocycles. The Kier molecular flexibility index (Phi) is 8.54. The van der Waals surface area contributed by atoms with E-state index in [1.807, 2.05) is 0 Å². The maximum Gasteiger partial charge on any atom is 0.239 e. The highest BCUT2D eigenvalue weighted by Gasteiger charge is 2.16. The molecule has 0 rings (SSSR count). The summed E-state index contributed by atoms with van der Waals surface area (Å²) in [6.07, 6.45) is 0.542. The molecule has 0 saturated carbocycles. The van der Waals surface area contributed by atoms with Gasteiger partial charge in [-0.15, -0.1) is 0 Å². The number of nitrogens with zero attached hydrogens (tertiary/aromatic N) is 2. The number of carbonyl (C=O) groups is 4. The third-order valence-corrected chi connectivity index (χ3v) is 3.31. The molecule has 0 bridgehead atoms. The smallest absolute Gasteiger partial charge is 0.239 e. The van der Waals surface area contributed by atoms with Gasteiger partial charge in [0.05, 0.1) is 13.1 Å². The van der Waals surface area contributed by atoms with Crippen molar-refractivity contribution in [3.05, 3.63) is 0 Å². The molecule has 4 amide bonds. The molecule has 0 spiro atoms. The summed E-state index contributed by atoms with van der Waals surface area (Å²) >= 11 is 0. The standard InChI is InChI=1S/C15H29N5O4.2H2/c1-4-14(23)19(10-12(16)21)9-7-18-13(22)11-20(8-6-17-3)15(24)5-2;;/h17H,4-11H2,1-3H3,(H2,16,21)(H,18,22);2*1H/i;2*1+2T/hT. The van der Waals surface area contributed by atoms with Crippen LogP contribution in [0.15, 0.2) is 0 Å². The molecule has 142 valence electrons. The molecule has 0 aliphatic rings. The van der Waals surface area contributed by atoms with Gasteiger partial charge in [0.2, 0.25) is 23.6 Å². The minimum atomic E-state index is -0.597. The molecule has 0 fully saturated rings. The highest BCUT2D eigenvalue weighted by Crippen LogP contribution is 1.95. The third kappa shape index (κ3) is 9.09. The lowest BCUT2D eigenvalue weighted by Gasteiger charge is -2.23. The van der Waals surface area contributed by atoms with E-state index in [0.717, 1.165) is 0 Å². The molecule has 0 aromatic heterocycles. The van der Waals surface area contributed by atoms with E-state index >= 15 is 0 Å². The molecule has 0 unspecified atom stereocenters. The monoisotopic (exact) mass is 357 g/mol. The number of primary amides is 1. The summed E-state index contributed by atoms with van der Waals surface area (Å²) in [4.78, 5) is 49.6. The Morgan fingerprint density at radius 1 is 1.04 bits per heavy atom. The fourth-order valence-corrected chi connectivity index (χ4v) is 2.01. The van der Waals surface area contributed by atoms with Gasteiger partial charge in [-0.3, -0.25) is 19.2 Å². The van der Waals surface area contributed by atoms with Crippen molar-refractivity contribution >= 4 is 23.6 Å². The Balaban J connectivity index is -0.00000158. The zero-order chi connectivity index (χ0) is 23.2. The summed E-state index contributed by atoms with van der Waals surface area (Å²) in [6.45, 7) is 4.46. The number of nitrogens with two attached hydrogens (primary N) is 1. The van der Waals surface area contributed by atoms with Crippen LogP contribution in [0.3, 0.4) is 0 Å². The Morgan fingerprint density at radius 2 is 1.58 bits per heavy atom. The fourth-order valence-electron chi connectivity index (χ4n) is 2.01. The second kappa shape index (κ2) is 12.3. The summed E-state index contributed by atoms with van der Waals surface area (Å²) in [6, 6.07) is 0. The molecule has 9 nitrogen and oxygen atoms in total. The van der Waals surface area contributed by atoms with Crippen LogP contribution in [0, 0.1) is 0 Å². The average Bonchev–Trinajstić information content (AvgIpc) is 2.77. The number of rotatable bonds is 12. The SMILES string of the molecule is [3H]NC(=O)CN(CCNC(=O)CN(CCNC)C(=O)CC)C(=O)CC.[3H][3H].[3H][3H]. The highest BCUT2D eigenvalue weighted by atomic mass is 16.2. The lowest BCUT2D eigenvalue weighted by molar-refractivity contribution is -0.136. The van der Waals surface area contributed by atoms with Gasteiger partial charge in [0, 0.05) is 45.0 Å². The van der Waals surface area contributed by atoms with Gasteiger partial charge < -0.3 is 26.2 Å². The molecule has 0 aromatic carbocycles. The Morgan fingerprint density at radius 3 is 2.08 bits per heavy atom. The Labute approximate surface area is 150 Å². The summed E-state index contributed by atoms with van der Waals surface area (Å²) < 4.78 is 26.8. The molecule has 0 radical (unpaired) electrons. The molecule has 24 heavy (non-hydrogen) atoms. The third-order valence-electron chi connectivity index (χ3n) is 3.31. The van der Waals surface area contributed by atoms with Crippen LogP contribution in [-0.4, -0.2) is 79.7 Å². The zero-order valence-electron chi connectivity index (χ0n) is 19.7.